The summed E-state index contributed by atoms with van der Waals surface area (Å²) in [5, 5.41) is 11.5. The summed E-state index contributed by atoms with van der Waals surface area (Å²) in [5.41, 5.74) is -0.421. The van der Waals surface area contributed by atoms with Gasteiger partial charge in [0.1, 0.15) is 0 Å². The van der Waals surface area contributed by atoms with Crippen LogP contribution in [0.25, 0.3) is 0 Å². The fourth-order valence-electron chi connectivity index (χ4n) is 3.27. The van der Waals surface area contributed by atoms with Crippen molar-refractivity contribution in [3.8, 4) is 0 Å². The molecule has 1 fully saturated rings. The van der Waals surface area contributed by atoms with E-state index in [0.29, 0.717) is 24.2 Å². The number of nitrogens with zero attached hydrogens (tertiary/aromatic N) is 2. The van der Waals surface area contributed by atoms with E-state index in [0.717, 1.165) is 19.6 Å². The molecular weight excluding hydrogens is 300 g/mol. The second-order valence-corrected chi connectivity index (χ2v) is 6.17. The summed E-state index contributed by atoms with van der Waals surface area (Å²) in [6.07, 6.45) is 0. The van der Waals surface area contributed by atoms with E-state index < -0.39 is 5.60 Å². The van der Waals surface area contributed by atoms with Gasteiger partial charge in [0.2, 0.25) is 0 Å². The third-order valence-electron chi connectivity index (χ3n) is 4.80. The Morgan fingerprint density at radius 1 is 0.917 bits per heavy atom. The Labute approximate surface area is 143 Å². The number of hydrogen-bond donors (Lipinski definition) is 1. The summed E-state index contributed by atoms with van der Waals surface area (Å²) in [6, 6.07) is 18.4. The number of amides is 1. The van der Waals surface area contributed by atoms with Crippen molar-refractivity contribution in [1.82, 2.24) is 9.80 Å². The highest BCUT2D eigenvalue weighted by molar-refractivity contribution is 5.90. The SMILES string of the molecule is CCN1CCN(C(=O)C(O)(c2ccccc2)c2ccccc2)CC1. The first-order valence-corrected chi connectivity index (χ1v) is 8.51. The second-order valence-electron chi connectivity index (χ2n) is 6.17. The van der Waals surface area contributed by atoms with Crippen LogP contribution in [-0.4, -0.2) is 53.5 Å². The van der Waals surface area contributed by atoms with Gasteiger partial charge in [0, 0.05) is 26.2 Å². The van der Waals surface area contributed by atoms with Crippen molar-refractivity contribution in [3.05, 3.63) is 71.8 Å². The molecule has 1 aliphatic rings. The van der Waals surface area contributed by atoms with Crippen LogP contribution in [0.5, 0.6) is 0 Å². The topological polar surface area (TPSA) is 43.8 Å². The van der Waals surface area contributed by atoms with E-state index in [-0.39, 0.29) is 5.91 Å². The van der Waals surface area contributed by atoms with Crippen molar-refractivity contribution in [3.63, 3.8) is 0 Å². The summed E-state index contributed by atoms with van der Waals surface area (Å²) in [5.74, 6) is -0.240. The number of carbonyl (C=O) groups excluding carboxylic acids is 1. The van der Waals surface area contributed by atoms with Gasteiger partial charge in [-0.3, -0.25) is 4.79 Å². The van der Waals surface area contributed by atoms with Crippen LogP contribution in [0.3, 0.4) is 0 Å². The number of hydrogen-bond acceptors (Lipinski definition) is 3. The van der Waals surface area contributed by atoms with Crippen molar-refractivity contribution < 1.29 is 9.90 Å². The van der Waals surface area contributed by atoms with E-state index in [1.54, 1.807) is 4.90 Å². The van der Waals surface area contributed by atoms with Crippen LogP contribution in [0.2, 0.25) is 0 Å². The molecule has 4 heteroatoms. The highest BCUT2D eigenvalue weighted by atomic mass is 16.3. The molecule has 0 aromatic heterocycles. The van der Waals surface area contributed by atoms with Crippen LogP contribution in [0, 0.1) is 0 Å². The Hall–Kier alpha value is -2.17. The molecular formula is C20H24N2O2. The Kier molecular flexibility index (Phi) is 4.97. The number of carbonyl (C=O) groups is 1. The molecule has 0 atom stereocenters. The number of benzene rings is 2. The normalized spacial score (nSPS) is 16.2. The molecule has 2 aromatic rings. The molecule has 0 aliphatic carbocycles. The summed E-state index contributed by atoms with van der Waals surface area (Å²) < 4.78 is 0. The molecule has 1 amide bonds. The van der Waals surface area contributed by atoms with E-state index in [9.17, 15) is 9.90 Å². The predicted molar refractivity (Wildman–Crippen MR) is 94.6 cm³/mol. The summed E-state index contributed by atoms with van der Waals surface area (Å²) in [6.45, 7) is 6.11. The van der Waals surface area contributed by atoms with Gasteiger partial charge in [0.05, 0.1) is 0 Å². The maximum atomic E-state index is 13.3. The van der Waals surface area contributed by atoms with Gasteiger partial charge in [0.25, 0.3) is 5.91 Å². The van der Waals surface area contributed by atoms with Gasteiger partial charge in [0.15, 0.2) is 5.60 Å². The van der Waals surface area contributed by atoms with E-state index in [1.165, 1.54) is 0 Å². The number of piperazine rings is 1. The van der Waals surface area contributed by atoms with Gasteiger partial charge in [-0.2, -0.15) is 0 Å². The van der Waals surface area contributed by atoms with Crippen molar-refractivity contribution >= 4 is 5.91 Å². The average Bonchev–Trinajstić information content (AvgIpc) is 2.68. The van der Waals surface area contributed by atoms with Crippen molar-refractivity contribution in [2.24, 2.45) is 0 Å². The molecule has 126 valence electrons. The maximum absolute atomic E-state index is 13.3. The lowest BCUT2D eigenvalue weighted by atomic mass is 9.85. The maximum Gasteiger partial charge on any atom is 0.264 e. The van der Waals surface area contributed by atoms with E-state index in [1.807, 2.05) is 60.7 Å². The first kappa shape index (κ1) is 16.7. The third-order valence-corrected chi connectivity index (χ3v) is 4.80. The Morgan fingerprint density at radius 2 is 1.38 bits per heavy atom. The lowest BCUT2D eigenvalue weighted by Crippen LogP contribution is -2.55. The number of rotatable bonds is 4. The molecule has 1 N–H and O–H groups in total. The van der Waals surface area contributed by atoms with Crippen LogP contribution in [0.15, 0.2) is 60.7 Å². The van der Waals surface area contributed by atoms with Crippen molar-refractivity contribution in [2.45, 2.75) is 12.5 Å². The molecule has 0 radical (unpaired) electrons. The minimum atomic E-state index is -1.64. The highest BCUT2D eigenvalue weighted by Gasteiger charge is 2.43. The minimum Gasteiger partial charge on any atom is -0.372 e. The zero-order valence-corrected chi connectivity index (χ0v) is 14.1. The van der Waals surface area contributed by atoms with Crippen LogP contribution < -0.4 is 0 Å². The molecule has 0 bridgehead atoms. The lowest BCUT2D eigenvalue weighted by molar-refractivity contribution is -0.150. The standard InChI is InChI=1S/C20H24N2O2/c1-2-21-13-15-22(16-14-21)19(23)20(24,17-9-5-3-6-10-17)18-11-7-4-8-12-18/h3-12,24H,2,13-16H2,1H3. The second kappa shape index (κ2) is 7.16. The molecule has 24 heavy (non-hydrogen) atoms. The van der Waals surface area contributed by atoms with Crippen LogP contribution >= 0.6 is 0 Å². The zero-order valence-electron chi connectivity index (χ0n) is 14.1. The molecule has 3 rings (SSSR count). The van der Waals surface area contributed by atoms with E-state index >= 15 is 0 Å². The molecule has 1 heterocycles. The highest BCUT2D eigenvalue weighted by Crippen LogP contribution is 2.32. The molecule has 1 aliphatic heterocycles. The molecule has 1 saturated heterocycles. The minimum absolute atomic E-state index is 0.240. The summed E-state index contributed by atoms with van der Waals surface area (Å²) in [4.78, 5) is 17.4. The van der Waals surface area contributed by atoms with Gasteiger partial charge < -0.3 is 14.9 Å². The van der Waals surface area contributed by atoms with Crippen molar-refractivity contribution in [2.75, 3.05) is 32.7 Å². The first-order valence-electron chi connectivity index (χ1n) is 8.51. The van der Waals surface area contributed by atoms with Crippen LogP contribution in [0.4, 0.5) is 0 Å². The molecule has 4 nitrogen and oxygen atoms in total. The smallest absolute Gasteiger partial charge is 0.264 e. The Balaban J connectivity index is 1.95. The number of likely N-dealkylation sites (N-methyl/N-ethyl adjacent to an activating group) is 1. The van der Waals surface area contributed by atoms with Crippen LogP contribution in [0.1, 0.15) is 18.1 Å². The fraction of sp³-hybridized carbons (Fsp3) is 0.350. The zero-order chi connectivity index (χ0) is 17.0. The molecule has 0 unspecified atom stereocenters. The molecule has 2 aromatic carbocycles. The monoisotopic (exact) mass is 324 g/mol. The van der Waals surface area contributed by atoms with Gasteiger partial charge in [-0.15, -0.1) is 0 Å². The van der Waals surface area contributed by atoms with Crippen molar-refractivity contribution in [1.29, 1.82) is 0 Å². The van der Waals surface area contributed by atoms with Gasteiger partial charge in [-0.25, -0.2) is 0 Å². The largest absolute Gasteiger partial charge is 0.372 e. The van der Waals surface area contributed by atoms with Gasteiger partial charge >= 0.3 is 0 Å². The molecule has 0 saturated carbocycles. The van der Waals surface area contributed by atoms with Crippen LogP contribution in [-0.2, 0) is 10.4 Å². The first-order chi connectivity index (χ1) is 11.7. The predicted octanol–water partition coefficient (Wildman–Crippen LogP) is 2.09. The van der Waals surface area contributed by atoms with Gasteiger partial charge in [-0.05, 0) is 17.7 Å². The van der Waals surface area contributed by atoms with Gasteiger partial charge in [-0.1, -0.05) is 67.6 Å². The molecule has 0 spiro atoms. The Bertz CT molecular complexity index is 625. The average molecular weight is 324 g/mol. The lowest BCUT2D eigenvalue weighted by Gasteiger charge is -2.39. The quantitative estimate of drug-likeness (QED) is 0.936. The summed E-state index contributed by atoms with van der Waals surface area (Å²) in [7, 11) is 0. The third kappa shape index (κ3) is 3.07. The summed E-state index contributed by atoms with van der Waals surface area (Å²) >= 11 is 0. The Morgan fingerprint density at radius 3 is 1.79 bits per heavy atom. The van der Waals surface area contributed by atoms with E-state index in [2.05, 4.69) is 11.8 Å². The number of aliphatic hydroxyl groups is 1. The van der Waals surface area contributed by atoms with E-state index in [4.69, 9.17) is 0 Å². The fourth-order valence-corrected chi connectivity index (χ4v) is 3.27.